The lowest BCUT2D eigenvalue weighted by Gasteiger charge is -2.20. The van der Waals surface area contributed by atoms with Crippen LogP contribution >= 0.6 is 11.8 Å². The van der Waals surface area contributed by atoms with Gasteiger partial charge in [0, 0.05) is 51.9 Å². The number of phenols is 1. The van der Waals surface area contributed by atoms with E-state index in [1.165, 1.54) is 4.90 Å². The van der Waals surface area contributed by atoms with E-state index < -0.39 is 11.9 Å². The highest BCUT2D eigenvalue weighted by atomic mass is 32.2. The van der Waals surface area contributed by atoms with Crippen LogP contribution in [-0.2, 0) is 26.6 Å². The summed E-state index contributed by atoms with van der Waals surface area (Å²) in [7, 11) is 2.06. The van der Waals surface area contributed by atoms with Crippen LogP contribution in [0.1, 0.15) is 61.3 Å². The van der Waals surface area contributed by atoms with Gasteiger partial charge in [-0.05, 0) is 57.0 Å². The third-order valence-corrected chi connectivity index (χ3v) is 7.18. The Labute approximate surface area is 232 Å². The van der Waals surface area contributed by atoms with Crippen molar-refractivity contribution in [3.63, 3.8) is 0 Å². The van der Waals surface area contributed by atoms with E-state index in [1.807, 2.05) is 31.2 Å². The summed E-state index contributed by atoms with van der Waals surface area (Å²) in [4.78, 5) is 34.9. The van der Waals surface area contributed by atoms with Crippen molar-refractivity contribution in [2.24, 2.45) is 5.92 Å². The van der Waals surface area contributed by atoms with Gasteiger partial charge in [-0.3, -0.25) is 0 Å². The van der Waals surface area contributed by atoms with Crippen LogP contribution < -0.4 is 0 Å². The lowest BCUT2D eigenvalue weighted by Crippen LogP contribution is -2.23. The number of aliphatic carboxylic acids is 2. The van der Waals surface area contributed by atoms with Crippen LogP contribution in [0.4, 0.5) is 0 Å². The number of aromatic nitrogens is 1. The van der Waals surface area contributed by atoms with Crippen LogP contribution in [0.3, 0.4) is 0 Å². The fourth-order valence-corrected chi connectivity index (χ4v) is 5.55. The molecule has 0 atom stereocenters. The number of hydrogen-bond acceptors (Lipinski definition) is 7. The number of phenolic OH excluding ortho intramolecular Hbond substituents is 1. The molecule has 3 aromatic rings. The first-order valence-electron chi connectivity index (χ1n) is 12.9. The number of fused-ring (bicyclic) bond motifs is 1. The summed E-state index contributed by atoms with van der Waals surface area (Å²) in [5, 5.41) is 26.5. The minimum Gasteiger partial charge on any atom is -0.508 e. The van der Waals surface area contributed by atoms with Crippen LogP contribution in [0, 0.1) is 5.92 Å². The Kier molecular flexibility index (Phi) is 10.4. The monoisotopic (exact) mass is 556 g/mol. The van der Waals surface area contributed by atoms with E-state index in [-0.39, 0.29) is 11.7 Å². The highest BCUT2D eigenvalue weighted by Crippen LogP contribution is 2.45. The molecule has 0 bridgehead atoms. The number of hydrogen-bond donors (Lipinski definition) is 3. The summed E-state index contributed by atoms with van der Waals surface area (Å²) in [6, 6.07) is 14.4. The van der Waals surface area contributed by atoms with Gasteiger partial charge in [0.1, 0.15) is 5.75 Å². The molecule has 0 spiro atoms. The summed E-state index contributed by atoms with van der Waals surface area (Å²) in [6.45, 7) is 8.01. The molecule has 1 saturated carbocycles. The van der Waals surface area contributed by atoms with E-state index in [1.54, 1.807) is 17.8 Å². The van der Waals surface area contributed by atoms with Crippen LogP contribution in [0.25, 0.3) is 10.9 Å². The van der Waals surface area contributed by atoms with Gasteiger partial charge in [-0.15, -0.1) is 11.8 Å². The Morgan fingerprint density at radius 2 is 1.72 bits per heavy atom. The van der Waals surface area contributed by atoms with Gasteiger partial charge in [-0.25, -0.2) is 14.4 Å². The topological polar surface area (TPSA) is 129 Å². The van der Waals surface area contributed by atoms with Gasteiger partial charge in [0.2, 0.25) is 0 Å². The zero-order chi connectivity index (χ0) is 28.7. The molecule has 4 rings (SSSR count). The third-order valence-electron chi connectivity index (χ3n) is 6.15. The van der Waals surface area contributed by atoms with E-state index in [0.29, 0.717) is 36.4 Å². The number of nitrogens with zero attached hydrogens (tertiary/aromatic N) is 2. The van der Waals surface area contributed by atoms with Crippen molar-refractivity contribution in [1.82, 2.24) is 9.47 Å². The number of rotatable bonds is 10. The van der Waals surface area contributed by atoms with Crippen molar-refractivity contribution in [2.75, 3.05) is 20.2 Å². The standard InChI is InChI=1S/C27H34N2O3S.C2H2O4/c1-5-32-27(31)26-23(17-33-20-9-7-6-8-10-20)29(19-11-12-19)22-13-14-24(30)21(25(22)26)16-28(4)15-18(2)3;3-1(4)2(5)6/h6-10,13-14,18-19,30H,5,11-12,15-17H2,1-4H3;(H,3,4)(H,5,6). The first-order chi connectivity index (χ1) is 18.5. The largest absolute Gasteiger partial charge is 0.508 e. The summed E-state index contributed by atoms with van der Waals surface area (Å²) in [5.41, 5.74) is 3.45. The van der Waals surface area contributed by atoms with Crippen molar-refractivity contribution in [2.45, 2.75) is 56.8 Å². The van der Waals surface area contributed by atoms with Gasteiger partial charge >= 0.3 is 17.9 Å². The fourth-order valence-electron chi connectivity index (χ4n) is 4.62. The van der Waals surface area contributed by atoms with Crippen molar-refractivity contribution in [1.29, 1.82) is 0 Å². The number of ether oxygens (including phenoxy) is 1. The summed E-state index contributed by atoms with van der Waals surface area (Å²) < 4.78 is 7.89. The second-order valence-electron chi connectivity index (χ2n) is 9.90. The van der Waals surface area contributed by atoms with Crippen molar-refractivity contribution in [3.05, 3.63) is 59.3 Å². The Bertz CT molecular complexity index is 1300. The lowest BCUT2D eigenvalue weighted by molar-refractivity contribution is -0.159. The number of benzene rings is 2. The zero-order valence-electron chi connectivity index (χ0n) is 22.7. The highest BCUT2D eigenvalue weighted by Gasteiger charge is 2.34. The molecule has 0 radical (unpaired) electrons. The van der Waals surface area contributed by atoms with Crippen LogP contribution in [0.2, 0.25) is 0 Å². The maximum absolute atomic E-state index is 13.3. The third kappa shape index (κ3) is 7.77. The summed E-state index contributed by atoms with van der Waals surface area (Å²) >= 11 is 1.73. The van der Waals surface area contributed by atoms with Crippen LogP contribution in [0.15, 0.2) is 47.4 Å². The number of carboxylic acid groups (broad SMARTS) is 2. The zero-order valence-corrected chi connectivity index (χ0v) is 23.5. The van der Waals surface area contributed by atoms with E-state index in [0.717, 1.165) is 41.5 Å². The fraction of sp³-hybridized carbons (Fsp3) is 0.414. The first-order valence-corrected chi connectivity index (χ1v) is 13.9. The summed E-state index contributed by atoms with van der Waals surface area (Å²) in [6.07, 6.45) is 2.22. The van der Waals surface area contributed by atoms with Crippen LogP contribution in [0.5, 0.6) is 5.75 Å². The quantitative estimate of drug-likeness (QED) is 0.171. The van der Waals surface area contributed by atoms with Gasteiger partial charge < -0.3 is 29.5 Å². The van der Waals surface area contributed by atoms with Gasteiger partial charge in [0.05, 0.1) is 12.2 Å². The molecule has 0 saturated heterocycles. The number of aromatic hydroxyl groups is 1. The molecule has 1 aliphatic carbocycles. The molecule has 1 fully saturated rings. The Hall–Kier alpha value is -3.50. The van der Waals surface area contributed by atoms with Gasteiger partial charge in [-0.1, -0.05) is 32.0 Å². The van der Waals surface area contributed by atoms with Crippen molar-refractivity contribution >= 4 is 40.6 Å². The molecule has 0 amide bonds. The summed E-state index contributed by atoms with van der Waals surface area (Å²) in [5.74, 6) is -2.53. The van der Waals surface area contributed by atoms with Crippen molar-refractivity contribution in [3.8, 4) is 5.75 Å². The SMILES string of the molecule is CCOC(=O)c1c(CSc2ccccc2)n(C2CC2)c2ccc(O)c(CN(C)CC(C)C)c12.O=C(O)C(=O)O. The molecule has 210 valence electrons. The molecule has 2 aromatic carbocycles. The molecular weight excluding hydrogens is 520 g/mol. The Morgan fingerprint density at radius 1 is 1.08 bits per heavy atom. The normalized spacial score (nSPS) is 12.9. The van der Waals surface area contributed by atoms with Gasteiger partial charge in [0.25, 0.3) is 0 Å². The molecule has 10 heteroatoms. The minimum absolute atomic E-state index is 0.235. The van der Waals surface area contributed by atoms with E-state index in [2.05, 4.69) is 42.5 Å². The van der Waals surface area contributed by atoms with E-state index >= 15 is 0 Å². The predicted octanol–water partition coefficient (Wildman–Crippen LogP) is 5.39. The van der Waals surface area contributed by atoms with E-state index in [9.17, 15) is 9.90 Å². The lowest BCUT2D eigenvalue weighted by atomic mass is 10.0. The molecule has 0 aliphatic heterocycles. The number of carbonyl (C=O) groups excluding carboxylic acids is 1. The maximum atomic E-state index is 13.3. The van der Waals surface area contributed by atoms with Crippen molar-refractivity contribution < 1.29 is 34.4 Å². The average Bonchev–Trinajstić information content (AvgIpc) is 3.66. The smallest absolute Gasteiger partial charge is 0.414 e. The molecule has 1 aromatic heterocycles. The number of thioether (sulfide) groups is 1. The van der Waals surface area contributed by atoms with Gasteiger partial charge in [0.15, 0.2) is 0 Å². The highest BCUT2D eigenvalue weighted by molar-refractivity contribution is 7.98. The second kappa shape index (κ2) is 13.5. The number of carboxylic acids is 2. The molecule has 39 heavy (non-hydrogen) atoms. The maximum Gasteiger partial charge on any atom is 0.414 e. The molecule has 3 N–H and O–H groups in total. The molecule has 1 aliphatic rings. The number of carbonyl (C=O) groups is 3. The number of esters is 1. The van der Waals surface area contributed by atoms with E-state index in [4.69, 9.17) is 24.5 Å². The molecule has 0 unspecified atom stereocenters. The molecular formula is C29H36N2O7S. The predicted molar refractivity (Wildman–Crippen MR) is 150 cm³/mol. The Balaban J connectivity index is 0.000000631. The first kappa shape index (κ1) is 30.0. The Morgan fingerprint density at radius 3 is 2.26 bits per heavy atom. The minimum atomic E-state index is -1.82. The average molecular weight is 557 g/mol. The second-order valence-corrected chi connectivity index (χ2v) is 11.0. The van der Waals surface area contributed by atoms with Crippen LogP contribution in [-0.4, -0.2) is 62.9 Å². The molecule has 9 nitrogen and oxygen atoms in total. The van der Waals surface area contributed by atoms with Gasteiger partial charge in [-0.2, -0.15) is 0 Å². The molecule has 1 heterocycles.